The highest BCUT2D eigenvalue weighted by Gasteiger charge is 2.32. The Kier molecular flexibility index (Phi) is 4.83. The van der Waals surface area contributed by atoms with E-state index in [1.54, 1.807) is 0 Å². The van der Waals surface area contributed by atoms with Gasteiger partial charge in [-0.3, -0.25) is 9.48 Å². The molecule has 2 fully saturated rings. The van der Waals surface area contributed by atoms with E-state index >= 15 is 0 Å². The molecule has 1 aliphatic carbocycles. The van der Waals surface area contributed by atoms with E-state index in [0.29, 0.717) is 26.1 Å². The van der Waals surface area contributed by atoms with Gasteiger partial charge in [-0.05, 0) is 25.3 Å². The number of sulfone groups is 1. The number of hydrogen-bond acceptors (Lipinski definition) is 5. The SMILES string of the molecule is O=C(NCc1cc2n(n1)CCN(C(=O)C1CCC1)C2)N[C@H]1CCS(=O)(=O)C1. The first kappa shape index (κ1) is 18.3. The first-order chi connectivity index (χ1) is 12.9. The minimum Gasteiger partial charge on any atom is -0.335 e. The molecule has 0 radical (unpaired) electrons. The number of nitrogens with zero attached hydrogens (tertiary/aromatic N) is 3. The van der Waals surface area contributed by atoms with Gasteiger partial charge in [0.2, 0.25) is 5.91 Å². The van der Waals surface area contributed by atoms with Crippen molar-refractivity contribution in [1.82, 2.24) is 25.3 Å². The van der Waals surface area contributed by atoms with Crippen LogP contribution in [0.15, 0.2) is 6.07 Å². The van der Waals surface area contributed by atoms with E-state index in [9.17, 15) is 18.0 Å². The summed E-state index contributed by atoms with van der Waals surface area (Å²) in [6.45, 7) is 2.17. The van der Waals surface area contributed by atoms with E-state index in [-0.39, 0.29) is 41.9 Å². The van der Waals surface area contributed by atoms with E-state index in [0.717, 1.165) is 30.7 Å². The number of urea groups is 1. The van der Waals surface area contributed by atoms with Crippen LogP contribution in [0.2, 0.25) is 0 Å². The topological polar surface area (TPSA) is 113 Å². The highest BCUT2D eigenvalue weighted by molar-refractivity contribution is 7.91. The van der Waals surface area contributed by atoms with Crippen molar-refractivity contribution in [3.05, 3.63) is 17.5 Å². The van der Waals surface area contributed by atoms with E-state index < -0.39 is 9.84 Å². The zero-order valence-electron chi connectivity index (χ0n) is 15.2. The number of hydrogen-bond donors (Lipinski definition) is 2. The van der Waals surface area contributed by atoms with E-state index in [2.05, 4.69) is 15.7 Å². The Morgan fingerprint density at radius 2 is 2.04 bits per heavy atom. The van der Waals surface area contributed by atoms with Gasteiger partial charge in [-0.1, -0.05) is 6.42 Å². The highest BCUT2D eigenvalue weighted by Crippen LogP contribution is 2.29. The predicted octanol–water partition coefficient (Wildman–Crippen LogP) is 0.0117. The molecule has 0 spiro atoms. The molecule has 1 saturated heterocycles. The van der Waals surface area contributed by atoms with Crippen LogP contribution in [0.1, 0.15) is 37.1 Å². The minimum absolute atomic E-state index is 0.00402. The van der Waals surface area contributed by atoms with E-state index in [4.69, 9.17) is 0 Å². The molecule has 1 aromatic heterocycles. The third kappa shape index (κ3) is 4.10. The summed E-state index contributed by atoms with van der Waals surface area (Å²) < 4.78 is 24.8. The second-order valence-electron chi connectivity index (χ2n) is 7.66. The number of carbonyl (C=O) groups excluding carboxylic acids is 2. The molecule has 0 unspecified atom stereocenters. The van der Waals surface area contributed by atoms with Gasteiger partial charge >= 0.3 is 6.03 Å². The quantitative estimate of drug-likeness (QED) is 0.746. The van der Waals surface area contributed by atoms with Crippen molar-refractivity contribution in [1.29, 1.82) is 0 Å². The molecule has 3 aliphatic rings. The lowest BCUT2D eigenvalue weighted by Crippen LogP contribution is -2.43. The smallest absolute Gasteiger partial charge is 0.315 e. The van der Waals surface area contributed by atoms with E-state index in [1.165, 1.54) is 0 Å². The molecule has 0 aromatic carbocycles. The Labute approximate surface area is 158 Å². The molecule has 2 aliphatic heterocycles. The van der Waals surface area contributed by atoms with Crippen LogP contribution in [0.3, 0.4) is 0 Å². The molecule has 9 nitrogen and oxygen atoms in total. The molecule has 148 valence electrons. The van der Waals surface area contributed by atoms with Gasteiger partial charge in [-0.25, -0.2) is 13.2 Å². The summed E-state index contributed by atoms with van der Waals surface area (Å²) in [6, 6.07) is 1.21. The Bertz CT molecular complexity index is 846. The molecule has 2 N–H and O–H groups in total. The normalized spacial score (nSPS) is 24.1. The molecule has 1 aromatic rings. The van der Waals surface area contributed by atoms with Crippen LogP contribution >= 0.6 is 0 Å². The van der Waals surface area contributed by atoms with Gasteiger partial charge in [0.05, 0.1) is 42.5 Å². The molecule has 3 amide bonds. The molecular weight excluding hydrogens is 370 g/mol. The van der Waals surface area contributed by atoms with Crippen molar-refractivity contribution in [2.24, 2.45) is 5.92 Å². The summed E-state index contributed by atoms with van der Waals surface area (Å²) in [5.74, 6) is 0.578. The lowest BCUT2D eigenvalue weighted by molar-refractivity contribution is -0.139. The Balaban J connectivity index is 1.28. The number of rotatable bonds is 4. The van der Waals surface area contributed by atoms with Crippen molar-refractivity contribution in [3.63, 3.8) is 0 Å². The average Bonchev–Trinajstić information content (AvgIpc) is 3.12. The molecule has 1 atom stereocenters. The largest absolute Gasteiger partial charge is 0.335 e. The van der Waals surface area contributed by atoms with Crippen LogP contribution in [0.25, 0.3) is 0 Å². The zero-order valence-corrected chi connectivity index (χ0v) is 16.0. The monoisotopic (exact) mass is 395 g/mol. The summed E-state index contributed by atoms with van der Waals surface area (Å²) in [4.78, 5) is 26.3. The highest BCUT2D eigenvalue weighted by atomic mass is 32.2. The van der Waals surface area contributed by atoms with Crippen LogP contribution in [0.5, 0.6) is 0 Å². The van der Waals surface area contributed by atoms with Crippen molar-refractivity contribution in [3.8, 4) is 0 Å². The molecule has 1 saturated carbocycles. The first-order valence-corrected chi connectivity index (χ1v) is 11.3. The number of aromatic nitrogens is 2. The van der Waals surface area contributed by atoms with Crippen LogP contribution in [0.4, 0.5) is 4.79 Å². The van der Waals surface area contributed by atoms with Crippen LogP contribution in [-0.2, 0) is 34.3 Å². The number of fused-ring (bicyclic) bond motifs is 1. The van der Waals surface area contributed by atoms with Crippen LogP contribution in [-0.4, -0.2) is 59.1 Å². The summed E-state index contributed by atoms with van der Waals surface area (Å²) in [7, 11) is -3.02. The molecule has 10 heteroatoms. The van der Waals surface area contributed by atoms with Gasteiger partial charge in [0.1, 0.15) is 0 Å². The molecule has 0 bridgehead atoms. The first-order valence-electron chi connectivity index (χ1n) is 9.49. The van der Waals surface area contributed by atoms with Crippen molar-refractivity contribution in [2.75, 3.05) is 18.1 Å². The van der Waals surface area contributed by atoms with Gasteiger partial charge in [0, 0.05) is 18.5 Å². The third-order valence-electron chi connectivity index (χ3n) is 5.61. The molecule has 27 heavy (non-hydrogen) atoms. The van der Waals surface area contributed by atoms with Gasteiger partial charge in [-0.15, -0.1) is 0 Å². The predicted molar refractivity (Wildman–Crippen MR) is 97.4 cm³/mol. The maximum absolute atomic E-state index is 12.4. The van der Waals surface area contributed by atoms with Gasteiger partial charge < -0.3 is 15.5 Å². The van der Waals surface area contributed by atoms with Crippen LogP contribution in [0, 0.1) is 5.92 Å². The van der Waals surface area contributed by atoms with Gasteiger partial charge in [-0.2, -0.15) is 5.10 Å². The third-order valence-corrected chi connectivity index (χ3v) is 7.38. The fourth-order valence-electron chi connectivity index (χ4n) is 3.83. The van der Waals surface area contributed by atoms with Crippen molar-refractivity contribution < 1.29 is 18.0 Å². The average molecular weight is 395 g/mol. The Morgan fingerprint density at radius 1 is 1.22 bits per heavy atom. The van der Waals surface area contributed by atoms with Gasteiger partial charge in [0.25, 0.3) is 0 Å². The van der Waals surface area contributed by atoms with Crippen LogP contribution < -0.4 is 10.6 Å². The number of carbonyl (C=O) groups is 2. The minimum atomic E-state index is -3.02. The van der Waals surface area contributed by atoms with Crippen molar-refractivity contribution in [2.45, 2.75) is 51.4 Å². The Hall–Kier alpha value is -2.10. The van der Waals surface area contributed by atoms with E-state index in [1.807, 2.05) is 15.6 Å². The lowest BCUT2D eigenvalue weighted by Gasteiger charge is -2.34. The summed E-state index contributed by atoms with van der Waals surface area (Å²) in [5.41, 5.74) is 1.71. The number of nitrogens with one attached hydrogen (secondary N) is 2. The fraction of sp³-hybridized carbons (Fsp3) is 0.706. The Morgan fingerprint density at radius 3 is 2.70 bits per heavy atom. The summed E-state index contributed by atoms with van der Waals surface area (Å²) in [6.07, 6.45) is 3.61. The second kappa shape index (κ2) is 7.14. The molecule has 4 rings (SSSR count). The second-order valence-corrected chi connectivity index (χ2v) is 9.89. The summed E-state index contributed by atoms with van der Waals surface area (Å²) >= 11 is 0. The fourth-order valence-corrected chi connectivity index (χ4v) is 5.50. The zero-order chi connectivity index (χ0) is 19.0. The maximum Gasteiger partial charge on any atom is 0.315 e. The summed E-state index contributed by atoms with van der Waals surface area (Å²) in [5, 5.41) is 9.92. The van der Waals surface area contributed by atoms with Crippen molar-refractivity contribution >= 4 is 21.8 Å². The number of amides is 3. The standard InChI is InChI=1S/C17H25N5O4S/c23-16(12-2-1-3-12)21-5-6-22-15(10-21)8-14(20-22)9-18-17(24)19-13-4-7-27(25,26)11-13/h8,12-13H,1-7,9-11H2,(H2,18,19,24)/t13-/m0/s1. The lowest BCUT2D eigenvalue weighted by atomic mass is 9.84. The van der Waals surface area contributed by atoms with Gasteiger partial charge in [0.15, 0.2) is 9.84 Å². The maximum atomic E-state index is 12.4. The molecular formula is C17H25N5O4S. The molecule has 3 heterocycles.